The van der Waals surface area contributed by atoms with E-state index < -0.39 is 18.1 Å². The number of hydrogen-bond acceptors (Lipinski definition) is 4. The number of hydrogen-bond donors (Lipinski definition) is 1. The molecule has 1 aromatic heterocycles. The van der Waals surface area contributed by atoms with Crippen LogP contribution in [0.1, 0.15) is 36.8 Å². The van der Waals surface area contributed by atoms with Crippen molar-refractivity contribution in [3.63, 3.8) is 0 Å². The number of aryl methyl sites for hydroxylation is 1. The number of carbonyl (C=O) groups excluding carboxylic acids is 2. The Morgan fingerprint density at radius 1 is 1.15 bits per heavy atom. The summed E-state index contributed by atoms with van der Waals surface area (Å²) in [6.07, 6.45) is 0.145. The zero-order chi connectivity index (χ0) is 19.3. The zero-order valence-electron chi connectivity index (χ0n) is 15.4. The quantitative estimate of drug-likeness (QED) is 0.798. The van der Waals surface area contributed by atoms with Gasteiger partial charge < -0.3 is 4.90 Å². The van der Waals surface area contributed by atoms with E-state index in [4.69, 9.17) is 0 Å². The summed E-state index contributed by atoms with van der Waals surface area (Å²) in [5.41, 5.74) is 1.76. The molecule has 0 saturated carbocycles. The van der Waals surface area contributed by atoms with Gasteiger partial charge in [-0.15, -0.1) is 0 Å². The molecule has 8 heteroatoms. The van der Waals surface area contributed by atoms with E-state index in [0.29, 0.717) is 24.0 Å². The Morgan fingerprint density at radius 3 is 2.63 bits per heavy atom. The number of fused-ring (bicyclic) bond motifs is 1. The standard InChI is InChI=1S/C19H23FN4O3/c1-22-9-8-11(13(20)10-22)12-4-3-5-14-17(12)23(2)19(27)24(14)15-6-7-16(25)21-18(15)26/h3-5,11,13,15H,6-10H2,1-2H3,(H,21,25,26)/t11-,13+,15?/m1/s1. The zero-order valence-corrected chi connectivity index (χ0v) is 15.4. The summed E-state index contributed by atoms with van der Waals surface area (Å²) < 4.78 is 17.7. The molecular weight excluding hydrogens is 351 g/mol. The molecule has 2 saturated heterocycles. The van der Waals surface area contributed by atoms with Crippen LogP contribution in [0.4, 0.5) is 4.39 Å². The second-order valence-corrected chi connectivity index (χ2v) is 7.57. The highest BCUT2D eigenvalue weighted by Gasteiger charge is 2.34. The molecule has 3 heterocycles. The van der Waals surface area contributed by atoms with Gasteiger partial charge in [-0.3, -0.25) is 24.0 Å². The fourth-order valence-electron chi connectivity index (χ4n) is 4.40. The number of aromatic nitrogens is 2. The fraction of sp³-hybridized carbons (Fsp3) is 0.526. The van der Waals surface area contributed by atoms with Crippen molar-refractivity contribution < 1.29 is 14.0 Å². The van der Waals surface area contributed by atoms with Crippen LogP contribution in [-0.4, -0.2) is 52.2 Å². The second kappa shape index (κ2) is 6.60. The van der Waals surface area contributed by atoms with Crippen molar-refractivity contribution in [2.75, 3.05) is 20.1 Å². The van der Waals surface area contributed by atoms with Crippen molar-refractivity contribution in [3.8, 4) is 0 Å². The van der Waals surface area contributed by atoms with Crippen LogP contribution in [0.15, 0.2) is 23.0 Å². The minimum Gasteiger partial charge on any atom is -0.303 e. The van der Waals surface area contributed by atoms with Crippen LogP contribution in [0.2, 0.25) is 0 Å². The fourth-order valence-corrected chi connectivity index (χ4v) is 4.40. The number of benzene rings is 1. The third-order valence-electron chi connectivity index (χ3n) is 5.80. The molecule has 2 aliphatic rings. The van der Waals surface area contributed by atoms with Crippen LogP contribution in [0.5, 0.6) is 0 Å². The summed E-state index contributed by atoms with van der Waals surface area (Å²) >= 11 is 0. The molecule has 2 aliphatic heterocycles. The predicted octanol–water partition coefficient (Wildman–Crippen LogP) is 1.07. The van der Waals surface area contributed by atoms with Crippen molar-refractivity contribution in [3.05, 3.63) is 34.2 Å². The molecule has 144 valence electrons. The maximum absolute atomic E-state index is 14.8. The van der Waals surface area contributed by atoms with Crippen LogP contribution in [-0.2, 0) is 16.6 Å². The normalized spacial score (nSPS) is 27.1. The van der Waals surface area contributed by atoms with Crippen molar-refractivity contribution in [1.82, 2.24) is 19.4 Å². The molecule has 27 heavy (non-hydrogen) atoms. The Kier molecular flexibility index (Phi) is 4.38. The van der Waals surface area contributed by atoms with E-state index >= 15 is 0 Å². The third-order valence-corrected chi connectivity index (χ3v) is 5.80. The largest absolute Gasteiger partial charge is 0.329 e. The van der Waals surface area contributed by atoms with Crippen LogP contribution in [0.25, 0.3) is 11.0 Å². The molecular formula is C19H23FN4O3. The first-order valence-corrected chi connectivity index (χ1v) is 9.24. The van der Waals surface area contributed by atoms with Gasteiger partial charge in [0, 0.05) is 25.9 Å². The maximum Gasteiger partial charge on any atom is 0.329 e. The molecule has 2 aromatic rings. The minimum atomic E-state index is -1.01. The number of nitrogens with one attached hydrogen (secondary N) is 1. The molecule has 1 N–H and O–H groups in total. The van der Waals surface area contributed by atoms with Gasteiger partial charge in [0.25, 0.3) is 0 Å². The maximum atomic E-state index is 14.8. The topological polar surface area (TPSA) is 76.3 Å². The Balaban J connectivity index is 1.85. The molecule has 7 nitrogen and oxygen atoms in total. The van der Waals surface area contributed by atoms with E-state index in [0.717, 1.165) is 12.1 Å². The number of piperidine rings is 2. The van der Waals surface area contributed by atoms with E-state index in [9.17, 15) is 18.8 Å². The van der Waals surface area contributed by atoms with E-state index in [1.165, 1.54) is 9.13 Å². The number of carbonyl (C=O) groups is 2. The highest BCUT2D eigenvalue weighted by atomic mass is 19.1. The summed E-state index contributed by atoms with van der Waals surface area (Å²) in [5.74, 6) is -1.07. The van der Waals surface area contributed by atoms with Gasteiger partial charge in [0.05, 0.1) is 11.0 Å². The molecule has 2 amide bonds. The van der Waals surface area contributed by atoms with Gasteiger partial charge >= 0.3 is 5.69 Å². The summed E-state index contributed by atoms with van der Waals surface area (Å²) in [4.78, 5) is 38.7. The molecule has 0 spiro atoms. The average molecular weight is 374 g/mol. The number of imidazole rings is 1. The lowest BCUT2D eigenvalue weighted by Crippen LogP contribution is -2.44. The summed E-state index contributed by atoms with van der Waals surface area (Å²) in [6, 6.07) is 4.74. The summed E-state index contributed by atoms with van der Waals surface area (Å²) in [5, 5.41) is 2.31. The van der Waals surface area contributed by atoms with E-state index in [-0.39, 0.29) is 30.4 Å². The Morgan fingerprint density at radius 2 is 1.93 bits per heavy atom. The van der Waals surface area contributed by atoms with Crippen molar-refractivity contribution >= 4 is 22.8 Å². The van der Waals surface area contributed by atoms with E-state index in [1.54, 1.807) is 13.1 Å². The molecule has 4 rings (SSSR count). The van der Waals surface area contributed by atoms with Crippen LogP contribution in [0.3, 0.4) is 0 Å². The van der Waals surface area contributed by atoms with Crippen molar-refractivity contribution in [2.45, 2.75) is 37.4 Å². The number of rotatable bonds is 2. The van der Waals surface area contributed by atoms with Crippen molar-refractivity contribution in [2.24, 2.45) is 7.05 Å². The van der Waals surface area contributed by atoms with Gasteiger partial charge in [0.2, 0.25) is 11.8 Å². The number of likely N-dealkylation sites (tertiary alicyclic amines) is 1. The monoisotopic (exact) mass is 374 g/mol. The predicted molar refractivity (Wildman–Crippen MR) is 98.4 cm³/mol. The Labute approximate surface area is 155 Å². The van der Waals surface area contributed by atoms with E-state index in [2.05, 4.69) is 5.32 Å². The lowest BCUT2D eigenvalue weighted by molar-refractivity contribution is -0.135. The van der Waals surface area contributed by atoms with Gasteiger partial charge in [-0.2, -0.15) is 0 Å². The highest BCUT2D eigenvalue weighted by Crippen LogP contribution is 2.35. The number of imide groups is 1. The summed E-state index contributed by atoms with van der Waals surface area (Å²) in [7, 11) is 3.55. The van der Waals surface area contributed by atoms with Crippen LogP contribution < -0.4 is 11.0 Å². The smallest absolute Gasteiger partial charge is 0.303 e. The van der Waals surface area contributed by atoms with Gasteiger partial charge in [-0.25, -0.2) is 9.18 Å². The number of nitrogens with zero attached hydrogens (tertiary/aromatic N) is 3. The number of halogens is 1. The molecule has 0 radical (unpaired) electrons. The lowest BCUT2D eigenvalue weighted by atomic mass is 9.87. The Hall–Kier alpha value is -2.48. The number of alkyl halides is 1. The van der Waals surface area contributed by atoms with Gasteiger partial charge in [0.15, 0.2) is 0 Å². The molecule has 3 atom stereocenters. The first-order chi connectivity index (χ1) is 12.9. The third kappa shape index (κ3) is 2.88. The lowest BCUT2D eigenvalue weighted by Gasteiger charge is -2.32. The SMILES string of the molecule is CN1CC[C@H](c2cccc3c2n(C)c(=O)n3C2CCC(=O)NC2=O)[C@@H](F)C1. The highest BCUT2D eigenvalue weighted by molar-refractivity contribution is 6.00. The molecule has 0 bridgehead atoms. The molecule has 0 aliphatic carbocycles. The number of para-hydroxylation sites is 1. The Bertz CT molecular complexity index is 979. The first-order valence-electron chi connectivity index (χ1n) is 9.24. The van der Waals surface area contributed by atoms with Gasteiger partial charge in [0.1, 0.15) is 12.2 Å². The minimum absolute atomic E-state index is 0.195. The van der Waals surface area contributed by atoms with Crippen LogP contribution in [0, 0.1) is 0 Å². The number of amides is 2. The van der Waals surface area contributed by atoms with E-state index in [1.807, 2.05) is 24.1 Å². The van der Waals surface area contributed by atoms with Crippen LogP contribution >= 0.6 is 0 Å². The molecule has 2 fully saturated rings. The molecule has 1 unspecified atom stereocenters. The first kappa shape index (κ1) is 17.9. The average Bonchev–Trinajstić information content (AvgIpc) is 2.87. The van der Waals surface area contributed by atoms with Crippen molar-refractivity contribution in [1.29, 1.82) is 0 Å². The van der Waals surface area contributed by atoms with Gasteiger partial charge in [-0.1, -0.05) is 12.1 Å². The molecule has 1 aromatic carbocycles. The second-order valence-electron chi connectivity index (χ2n) is 7.57. The summed E-state index contributed by atoms with van der Waals surface area (Å²) in [6.45, 7) is 1.16. The van der Waals surface area contributed by atoms with Gasteiger partial charge in [-0.05, 0) is 38.1 Å².